The smallest absolute Gasteiger partial charge is 0.196 e. The molecule has 1 aromatic heterocycles. The molecule has 0 aliphatic carbocycles. The van der Waals surface area contributed by atoms with Crippen molar-refractivity contribution in [2.24, 2.45) is 0 Å². The van der Waals surface area contributed by atoms with Gasteiger partial charge in [-0.05, 0) is 42.5 Å². The van der Waals surface area contributed by atoms with E-state index >= 15 is 0 Å². The molecule has 3 aromatic carbocycles. The molecule has 0 saturated heterocycles. The van der Waals surface area contributed by atoms with Gasteiger partial charge in [0.1, 0.15) is 12.4 Å². The van der Waals surface area contributed by atoms with E-state index in [0.29, 0.717) is 21.9 Å². The van der Waals surface area contributed by atoms with Crippen molar-refractivity contribution in [3.05, 3.63) is 107 Å². The molecule has 0 saturated carbocycles. The predicted octanol–water partition coefficient (Wildman–Crippen LogP) is 5.85. The highest BCUT2D eigenvalue weighted by atomic mass is 35.5. The minimum absolute atomic E-state index is 0.0219. The second kappa shape index (κ2) is 7.65. The van der Waals surface area contributed by atoms with Crippen molar-refractivity contribution in [3.8, 4) is 22.7 Å². The summed E-state index contributed by atoms with van der Waals surface area (Å²) in [5.74, 6) is 0.601. The molecule has 0 amide bonds. The summed E-state index contributed by atoms with van der Waals surface area (Å²) < 4.78 is 7.62. The lowest BCUT2D eigenvalue weighted by Gasteiger charge is -2.18. The molecule has 1 aliphatic heterocycles. The molecule has 0 atom stereocenters. The van der Waals surface area contributed by atoms with Gasteiger partial charge in [0.2, 0.25) is 0 Å². The molecule has 0 bridgehead atoms. The van der Waals surface area contributed by atoms with Crippen LogP contribution in [0.5, 0.6) is 5.75 Å². The minimum atomic E-state index is -0.0219. The highest BCUT2D eigenvalue weighted by molar-refractivity contribution is 6.30. The fourth-order valence-corrected chi connectivity index (χ4v) is 3.63. The molecule has 0 fully saturated rings. The Bertz CT molecular complexity index is 1260. The zero-order valence-corrected chi connectivity index (χ0v) is 16.7. The topological polar surface area (TPSA) is 44.1 Å². The first-order valence-corrected chi connectivity index (χ1v) is 9.95. The molecule has 0 radical (unpaired) electrons. The number of hydrogen-bond donors (Lipinski definition) is 0. The van der Waals surface area contributed by atoms with Crippen molar-refractivity contribution < 1.29 is 9.53 Å². The highest BCUT2D eigenvalue weighted by Crippen LogP contribution is 2.31. The maximum absolute atomic E-state index is 13.0. The van der Waals surface area contributed by atoms with Crippen LogP contribution in [-0.2, 0) is 0 Å². The first-order chi connectivity index (χ1) is 14.7. The highest BCUT2D eigenvalue weighted by Gasteiger charge is 2.23. The van der Waals surface area contributed by atoms with Crippen LogP contribution in [0, 0.1) is 0 Å². The third-order valence-corrected chi connectivity index (χ3v) is 5.27. The molecule has 5 heteroatoms. The third-order valence-electron chi connectivity index (χ3n) is 5.02. The minimum Gasteiger partial charge on any atom is -0.488 e. The molecule has 0 unspecified atom stereocenters. The van der Waals surface area contributed by atoms with Gasteiger partial charge >= 0.3 is 0 Å². The number of halogens is 1. The standard InChI is InChI=1S/C25H17ClN2O2/c26-20-12-10-17(11-13-20)24-18(15-28(27-24)21-6-2-1-3-7-21)14-19-16-30-23-9-5-4-8-22(23)25(19)29/h1-15H,16H2/b19-14+. The average Bonchev–Trinajstić information content (AvgIpc) is 3.21. The number of benzene rings is 3. The van der Waals surface area contributed by atoms with E-state index in [1.165, 1.54) is 0 Å². The molecular formula is C25H17ClN2O2. The Kier molecular flexibility index (Phi) is 4.69. The van der Waals surface area contributed by atoms with Crippen LogP contribution in [0.15, 0.2) is 90.6 Å². The number of aromatic nitrogens is 2. The van der Waals surface area contributed by atoms with Crippen LogP contribution in [0.4, 0.5) is 0 Å². The number of para-hydroxylation sites is 2. The van der Waals surface area contributed by atoms with Gasteiger partial charge in [0.05, 0.1) is 16.9 Å². The Balaban J connectivity index is 1.62. The number of carbonyl (C=O) groups is 1. The van der Waals surface area contributed by atoms with Crippen molar-refractivity contribution in [3.63, 3.8) is 0 Å². The van der Waals surface area contributed by atoms with Gasteiger partial charge in [-0.3, -0.25) is 4.79 Å². The average molecular weight is 413 g/mol. The van der Waals surface area contributed by atoms with Crippen molar-refractivity contribution in [1.82, 2.24) is 9.78 Å². The predicted molar refractivity (Wildman–Crippen MR) is 118 cm³/mol. The van der Waals surface area contributed by atoms with Gasteiger partial charge in [0.15, 0.2) is 5.78 Å². The number of fused-ring (bicyclic) bond motifs is 1. The fraction of sp³-hybridized carbons (Fsp3) is 0.0400. The lowest BCUT2D eigenvalue weighted by Crippen LogP contribution is -2.18. The van der Waals surface area contributed by atoms with Crippen LogP contribution in [0.3, 0.4) is 0 Å². The summed E-state index contributed by atoms with van der Waals surface area (Å²) in [6.07, 6.45) is 3.80. The van der Waals surface area contributed by atoms with Gasteiger partial charge in [0, 0.05) is 27.9 Å². The van der Waals surface area contributed by atoms with Gasteiger partial charge in [-0.2, -0.15) is 5.10 Å². The number of ketones is 1. The first-order valence-electron chi connectivity index (χ1n) is 9.57. The van der Waals surface area contributed by atoms with E-state index in [9.17, 15) is 4.79 Å². The van der Waals surface area contributed by atoms with E-state index < -0.39 is 0 Å². The van der Waals surface area contributed by atoms with E-state index in [1.807, 2.05) is 89.8 Å². The molecule has 5 rings (SSSR count). The van der Waals surface area contributed by atoms with E-state index in [-0.39, 0.29) is 12.4 Å². The van der Waals surface area contributed by atoms with E-state index in [1.54, 1.807) is 6.07 Å². The second-order valence-corrected chi connectivity index (χ2v) is 7.44. The first kappa shape index (κ1) is 18.4. The largest absolute Gasteiger partial charge is 0.488 e. The van der Waals surface area contributed by atoms with Crippen LogP contribution in [0.1, 0.15) is 15.9 Å². The van der Waals surface area contributed by atoms with Crippen LogP contribution in [0.25, 0.3) is 23.0 Å². The quantitative estimate of drug-likeness (QED) is 0.396. The van der Waals surface area contributed by atoms with Crippen molar-refractivity contribution in [2.75, 3.05) is 6.61 Å². The van der Waals surface area contributed by atoms with E-state index in [2.05, 4.69) is 0 Å². The Morgan fingerprint density at radius 3 is 2.47 bits per heavy atom. The third kappa shape index (κ3) is 3.42. The van der Waals surface area contributed by atoms with Crippen molar-refractivity contribution in [1.29, 1.82) is 0 Å². The number of nitrogens with zero attached hydrogens (tertiary/aromatic N) is 2. The summed E-state index contributed by atoms with van der Waals surface area (Å²) in [6, 6.07) is 24.7. The van der Waals surface area contributed by atoms with Gasteiger partial charge in [0.25, 0.3) is 0 Å². The number of rotatable bonds is 3. The Morgan fingerprint density at radius 1 is 0.933 bits per heavy atom. The molecule has 146 valence electrons. The van der Waals surface area contributed by atoms with Gasteiger partial charge in [-0.25, -0.2) is 4.68 Å². The summed E-state index contributed by atoms with van der Waals surface area (Å²) in [7, 11) is 0. The Morgan fingerprint density at radius 2 is 1.67 bits per heavy atom. The molecule has 2 heterocycles. The maximum atomic E-state index is 13.0. The lowest BCUT2D eigenvalue weighted by atomic mass is 9.98. The molecule has 4 nitrogen and oxygen atoms in total. The maximum Gasteiger partial charge on any atom is 0.196 e. The van der Waals surface area contributed by atoms with Gasteiger partial charge in [-0.15, -0.1) is 0 Å². The lowest BCUT2D eigenvalue weighted by molar-refractivity contribution is 0.100. The van der Waals surface area contributed by atoms with Crippen LogP contribution >= 0.6 is 11.6 Å². The molecule has 30 heavy (non-hydrogen) atoms. The molecular weight excluding hydrogens is 396 g/mol. The SMILES string of the molecule is O=C1/C(=C/c2cn(-c3ccccc3)nc2-c2ccc(Cl)cc2)COc2ccccc21. The summed E-state index contributed by atoms with van der Waals surface area (Å²) >= 11 is 6.06. The number of carbonyl (C=O) groups excluding carboxylic acids is 1. The summed E-state index contributed by atoms with van der Waals surface area (Å²) in [5.41, 5.74) is 4.65. The fourth-order valence-electron chi connectivity index (χ4n) is 3.51. The molecule has 4 aromatic rings. The van der Waals surface area contributed by atoms with E-state index in [0.717, 1.165) is 22.5 Å². The number of hydrogen-bond acceptors (Lipinski definition) is 3. The van der Waals surface area contributed by atoms with Gasteiger partial charge in [-0.1, -0.05) is 54.1 Å². The monoisotopic (exact) mass is 412 g/mol. The Hall–Kier alpha value is -3.63. The van der Waals surface area contributed by atoms with Crippen molar-refractivity contribution in [2.45, 2.75) is 0 Å². The molecule has 0 N–H and O–H groups in total. The van der Waals surface area contributed by atoms with Gasteiger partial charge < -0.3 is 4.74 Å². The second-order valence-electron chi connectivity index (χ2n) is 7.00. The summed E-state index contributed by atoms with van der Waals surface area (Å²) in [5, 5.41) is 5.45. The number of Topliss-reactive ketones (excluding diaryl/α,β-unsaturated/α-hetero) is 1. The molecule has 1 aliphatic rings. The molecule has 0 spiro atoms. The normalized spacial score (nSPS) is 14.4. The van der Waals surface area contributed by atoms with Crippen LogP contribution in [0.2, 0.25) is 5.02 Å². The van der Waals surface area contributed by atoms with Crippen molar-refractivity contribution >= 4 is 23.5 Å². The Labute approximate surface area is 179 Å². The summed E-state index contributed by atoms with van der Waals surface area (Å²) in [6.45, 7) is 0.229. The summed E-state index contributed by atoms with van der Waals surface area (Å²) in [4.78, 5) is 13.0. The number of ether oxygens (including phenoxy) is 1. The van der Waals surface area contributed by atoms with E-state index in [4.69, 9.17) is 21.4 Å². The van der Waals surface area contributed by atoms with Crippen LogP contribution < -0.4 is 4.74 Å². The van der Waals surface area contributed by atoms with Crippen LogP contribution in [-0.4, -0.2) is 22.2 Å². The zero-order chi connectivity index (χ0) is 20.5. The zero-order valence-electron chi connectivity index (χ0n) is 16.0.